The molecule has 14 heteroatoms. The van der Waals surface area contributed by atoms with Gasteiger partial charge in [-0.2, -0.15) is 31.0 Å². The SMILES string of the molecule is Cc1cc(S(=O)(=O)N(OC(=O)C(F)(F)F)c2cccc(F)n2)ncc1N(C)C1CCNCC1. The zero-order chi connectivity index (χ0) is 24.4. The Kier molecular flexibility index (Phi) is 7.07. The quantitative estimate of drug-likeness (QED) is 0.373. The molecule has 2 aromatic heterocycles. The van der Waals surface area contributed by atoms with Crippen LogP contribution in [0.3, 0.4) is 0 Å². The third-order valence-electron chi connectivity index (χ3n) is 5.06. The topological polar surface area (TPSA) is 105 Å². The maximum Gasteiger partial charge on any atom is 0.493 e. The summed E-state index contributed by atoms with van der Waals surface area (Å²) < 4.78 is 77.6. The molecule has 0 bridgehead atoms. The molecule has 3 heterocycles. The lowest BCUT2D eigenvalue weighted by Gasteiger charge is -2.34. The molecule has 2 aromatic rings. The second kappa shape index (κ2) is 9.47. The Morgan fingerprint density at radius 2 is 1.91 bits per heavy atom. The number of rotatable bonds is 6. The number of nitrogens with zero attached hydrogens (tertiary/aromatic N) is 4. The van der Waals surface area contributed by atoms with Crippen molar-refractivity contribution in [3.8, 4) is 0 Å². The van der Waals surface area contributed by atoms with Crippen LogP contribution < -0.4 is 14.7 Å². The molecule has 0 spiro atoms. The van der Waals surface area contributed by atoms with Gasteiger partial charge in [0.15, 0.2) is 10.8 Å². The van der Waals surface area contributed by atoms with Crippen LogP contribution in [0.25, 0.3) is 0 Å². The molecular formula is C19H21F4N5O4S. The molecule has 0 amide bonds. The van der Waals surface area contributed by atoms with Crippen molar-refractivity contribution in [1.82, 2.24) is 15.3 Å². The first-order valence-corrected chi connectivity index (χ1v) is 11.2. The number of aromatic nitrogens is 2. The van der Waals surface area contributed by atoms with Crippen molar-refractivity contribution < 1.29 is 35.6 Å². The number of anilines is 2. The average Bonchev–Trinajstić information content (AvgIpc) is 2.76. The monoisotopic (exact) mass is 491 g/mol. The second-order valence-electron chi connectivity index (χ2n) is 7.33. The van der Waals surface area contributed by atoms with Crippen LogP contribution in [0, 0.1) is 12.9 Å². The Morgan fingerprint density at radius 3 is 2.48 bits per heavy atom. The fourth-order valence-corrected chi connectivity index (χ4v) is 4.55. The fourth-order valence-electron chi connectivity index (χ4n) is 3.35. The smallest absolute Gasteiger partial charge is 0.370 e. The molecule has 1 aliphatic heterocycles. The van der Waals surface area contributed by atoms with Gasteiger partial charge in [-0.25, -0.2) is 9.78 Å². The molecule has 0 atom stereocenters. The highest BCUT2D eigenvalue weighted by Gasteiger charge is 2.45. The van der Waals surface area contributed by atoms with E-state index < -0.39 is 39.0 Å². The minimum Gasteiger partial charge on any atom is -0.370 e. The number of carbonyl (C=O) groups excluding carboxylic acids is 1. The van der Waals surface area contributed by atoms with E-state index in [4.69, 9.17) is 0 Å². The summed E-state index contributed by atoms with van der Waals surface area (Å²) in [5.74, 6) is -4.90. The summed E-state index contributed by atoms with van der Waals surface area (Å²) in [6, 6.07) is 4.03. The molecule has 1 saturated heterocycles. The molecule has 3 rings (SSSR count). The van der Waals surface area contributed by atoms with Crippen LogP contribution in [0.2, 0.25) is 0 Å². The summed E-state index contributed by atoms with van der Waals surface area (Å²) >= 11 is 0. The molecule has 0 aliphatic carbocycles. The fraction of sp³-hybridized carbons (Fsp3) is 0.421. The van der Waals surface area contributed by atoms with Gasteiger partial charge in [0.1, 0.15) is 0 Å². The van der Waals surface area contributed by atoms with Crippen LogP contribution in [0.15, 0.2) is 35.5 Å². The van der Waals surface area contributed by atoms with Crippen molar-refractivity contribution in [2.24, 2.45) is 0 Å². The number of sulfonamides is 1. The van der Waals surface area contributed by atoms with E-state index in [9.17, 15) is 30.8 Å². The van der Waals surface area contributed by atoms with E-state index in [-0.39, 0.29) is 10.5 Å². The maximum absolute atomic E-state index is 13.6. The Labute approximate surface area is 187 Å². The van der Waals surface area contributed by atoms with Gasteiger partial charge >= 0.3 is 22.2 Å². The van der Waals surface area contributed by atoms with E-state index in [2.05, 4.69) is 20.1 Å². The van der Waals surface area contributed by atoms with Crippen LogP contribution in [-0.4, -0.2) is 56.7 Å². The first-order chi connectivity index (χ1) is 15.4. The van der Waals surface area contributed by atoms with Crippen LogP contribution in [0.5, 0.6) is 0 Å². The van der Waals surface area contributed by atoms with Gasteiger partial charge in [0, 0.05) is 13.1 Å². The number of aryl methyl sites for hydroxylation is 1. The highest BCUT2D eigenvalue weighted by molar-refractivity contribution is 7.92. The Bertz CT molecular complexity index is 1120. The van der Waals surface area contributed by atoms with Crippen LogP contribution in [-0.2, 0) is 19.7 Å². The van der Waals surface area contributed by atoms with E-state index in [1.165, 1.54) is 6.20 Å². The number of piperidine rings is 1. The minimum absolute atomic E-state index is 0.190. The van der Waals surface area contributed by atoms with E-state index in [1.54, 1.807) is 6.92 Å². The third-order valence-corrected chi connectivity index (χ3v) is 6.51. The Morgan fingerprint density at radius 1 is 1.24 bits per heavy atom. The third kappa shape index (κ3) is 5.50. The van der Waals surface area contributed by atoms with Gasteiger partial charge in [-0.1, -0.05) is 10.5 Å². The predicted octanol–water partition coefficient (Wildman–Crippen LogP) is 2.33. The number of hydrogen-bond acceptors (Lipinski definition) is 8. The summed E-state index contributed by atoms with van der Waals surface area (Å²) in [5, 5.41) is 2.54. The van der Waals surface area contributed by atoms with Gasteiger partial charge in [0.05, 0.1) is 11.9 Å². The van der Waals surface area contributed by atoms with Gasteiger partial charge in [0.25, 0.3) is 0 Å². The largest absolute Gasteiger partial charge is 0.493 e. The maximum atomic E-state index is 13.6. The van der Waals surface area contributed by atoms with Crippen LogP contribution in [0.1, 0.15) is 18.4 Å². The predicted molar refractivity (Wildman–Crippen MR) is 109 cm³/mol. The molecule has 0 saturated carbocycles. The first-order valence-electron chi connectivity index (χ1n) is 9.78. The lowest BCUT2D eigenvalue weighted by molar-refractivity contribution is -0.199. The van der Waals surface area contributed by atoms with Crippen molar-refractivity contribution in [3.63, 3.8) is 0 Å². The zero-order valence-electron chi connectivity index (χ0n) is 17.6. The number of halogens is 4. The normalized spacial score (nSPS) is 15.2. The summed E-state index contributed by atoms with van der Waals surface area (Å²) in [7, 11) is -3.16. The van der Waals surface area contributed by atoms with Gasteiger partial charge in [-0.05, 0) is 56.6 Å². The first kappa shape index (κ1) is 24.6. The molecule has 1 N–H and O–H groups in total. The van der Waals surface area contributed by atoms with Crippen molar-refractivity contribution in [3.05, 3.63) is 42.0 Å². The lowest BCUT2D eigenvalue weighted by Crippen LogP contribution is -2.41. The number of nitrogens with one attached hydrogen (secondary N) is 1. The highest BCUT2D eigenvalue weighted by Crippen LogP contribution is 2.29. The molecular weight excluding hydrogens is 470 g/mol. The molecule has 1 fully saturated rings. The average molecular weight is 491 g/mol. The molecule has 33 heavy (non-hydrogen) atoms. The molecule has 180 valence electrons. The van der Waals surface area contributed by atoms with Gasteiger partial charge in [0.2, 0.25) is 5.95 Å². The lowest BCUT2D eigenvalue weighted by atomic mass is 10.0. The van der Waals surface area contributed by atoms with Crippen LogP contribution in [0.4, 0.5) is 29.1 Å². The van der Waals surface area contributed by atoms with Crippen molar-refractivity contribution in [2.75, 3.05) is 29.5 Å². The molecule has 0 radical (unpaired) electrons. The van der Waals surface area contributed by atoms with E-state index in [0.717, 1.165) is 50.2 Å². The van der Waals surface area contributed by atoms with Crippen molar-refractivity contribution in [1.29, 1.82) is 0 Å². The van der Waals surface area contributed by atoms with Crippen molar-refractivity contribution >= 4 is 27.5 Å². The van der Waals surface area contributed by atoms with Gasteiger partial charge in [-0.15, -0.1) is 0 Å². The highest BCUT2D eigenvalue weighted by atomic mass is 32.2. The number of carbonyl (C=O) groups is 1. The molecule has 0 unspecified atom stereocenters. The van der Waals surface area contributed by atoms with E-state index in [0.29, 0.717) is 11.3 Å². The zero-order valence-corrected chi connectivity index (χ0v) is 18.5. The van der Waals surface area contributed by atoms with E-state index in [1.807, 2.05) is 11.9 Å². The number of hydrogen-bond donors (Lipinski definition) is 1. The summed E-state index contributed by atoms with van der Waals surface area (Å²) in [4.78, 5) is 24.5. The summed E-state index contributed by atoms with van der Waals surface area (Å²) in [6.07, 6.45) is -2.51. The number of pyridine rings is 2. The standard InChI is InChI=1S/C19H21F4N5O4S/c1-12-10-17(25-11-14(12)27(2)13-6-8-24-9-7-13)33(30,31)28(32-18(29)19(21,22)23)16-5-3-4-15(20)26-16/h3-5,10-11,13,24H,6-9H2,1-2H3. The Hall–Kier alpha value is -3.00. The number of alkyl halides is 3. The molecule has 1 aliphatic rings. The minimum atomic E-state index is -5.51. The molecule has 0 aromatic carbocycles. The van der Waals surface area contributed by atoms with Crippen LogP contribution >= 0.6 is 0 Å². The summed E-state index contributed by atoms with van der Waals surface area (Å²) in [5.41, 5.74) is 1.10. The van der Waals surface area contributed by atoms with Gasteiger partial charge in [-0.3, -0.25) is 0 Å². The second-order valence-corrected chi connectivity index (χ2v) is 9.03. The van der Waals surface area contributed by atoms with Gasteiger partial charge < -0.3 is 15.1 Å². The van der Waals surface area contributed by atoms with E-state index >= 15 is 0 Å². The van der Waals surface area contributed by atoms with Crippen molar-refractivity contribution in [2.45, 2.75) is 37.0 Å². The Balaban J connectivity index is 1.98. The molecule has 9 nitrogen and oxygen atoms in total. The summed E-state index contributed by atoms with van der Waals surface area (Å²) in [6.45, 7) is 3.27.